The van der Waals surface area contributed by atoms with Crippen LogP contribution >= 0.6 is 0 Å². The summed E-state index contributed by atoms with van der Waals surface area (Å²) in [6.07, 6.45) is 8.75. The highest BCUT2D eigenvalue weighted by Crippen LogP contribution is 2.06. The Balaban J connectivity index is 3.60. The van der Waals surface area contributed by atoms with Gasteiger partial charge in [0.1, 0.15) is 6.29 Å². The molecule has 1 nitrogen and oxygen atoms in total. The second-order valence-corrected chi connectivity index (χ2v) is 2.55. The van der Waals surface area contributed by atoms with Gasteiger partial charge in [-0.2, -0.15) is 0 Å². The first-order valence-electron chi connectivity index (χ1n) is 4.12. The lowest BCUT2D eigenvalue weighted by molar-refractivity contribution is -0.105. The monoisotopic (exact) mass is 152 g/mol. The van der Waals surface area contributed by atoms with E-state index in [2.05, 4.69) is 13.5 Å². The van der Waals surface area contributed by atoms with Gasteiger partial charge in [0, 0.05) is 0 Å². The molecule has 0 radical (unpaired) electrons. The van der Waals surface area contributed by atoms with Crippen LogP contribution in [0.15, 0.2) is 24.3 Å². The van der Waals surface area contributed by atoms with Crippen LogP contribution in [0.1, 0.15) is 32.6 Å². The maximum absolute atomic E-state index is 10.4. The summed E-state index contributed by atoms with van der Waals surface area (Å²) >= 11 is 0. The van der Waals surface area contributed by atoms with E-state index < -0.39 is 0 Å². The van der Waals surface area contributed by atoms with Crippen molar-refractivity contribution in [2.75, 3.05) is 0 Å². The van der Waals surface area contributed by atoms with E-state index in [9.17, 15) is 4.79 Å². The molecule has 0 aromatic rings. The fraction of sp³-hybridized carbons (Fsp3) is 0.500. The Labute approximate surface area is 68.8 Å². The molecule has 0 atom stereocenters. The molecule has 0 N–H and O–H groups in total. The van der Waals surface area contributed by atoms with Crippen LogP contribution in [0.4, 0.5) is 0 Å². The molecule has 11 heavy (non-hydrogen) atoms. The lowest BCUT2D eigenvalue weighted by Crippen LogP contribution is -1.84. The van der Waals surface area contributed by atoms with E-state index in [4.69, 9.17) is 0 Å². The average molecular weight is 152 g/mol. The summed E-state index contributed by atoms with van der Waals surface area (Å²) in [5.74, 6) is 0. The molecular weight excluding hydrogens is 136 g/mol. The highest BCUT2D eigenvalue weighted by atomic mass is 16.1. The summed E-state index contributed by atoms with van der Waals surface area (Å²) < 4.78 is 0. The highest BCUT2D eigenvalue weighted by molar-refractivity contribution is 5.73. The number of hydrogen-bond acceptors (Lipinski definition) is 1. The van der Waals surface area contributed by atoms with E-state index in [0.717, 1.165) is 24.7 Å². The number of aldehydes is 1. The standard InChI is InChI=1S/C10H16O/c1-3-5-6-8-10(9-11)7-4-2/h4,7,9H,2-3,5-6,8H2,1H3/b10-7+. The van der Waals surface area contributed by atoms with E-state index in [1.54, 1.807) is 12.2 Å². The van der Waals surface area contributed by atoms with Crippen molar-refractivity contribution >= 4 is 6.29 Å². The molecule has 0 aliphatic carbocycles. The van der Waals surface area contributed by atoms with Crippen molar-refractivity contribution in [1.82, 2.24) is 0 Å². The zero-order valence-electron chi connectivity index (χ0n) is 7.18. The van der Waals surface area contributed by atoms with Gasteiger partial charge in [-0.1, -0.05) is 38.5 Å². The van der Waals surface area contributed by atoms with Crippen molar-refractivity contribution in [2.45, 2.75) is 32.6 Å². The van der Waals surface area contributed by atoms with Crippen molar-refractivity contribution in [3.8, 4) is 0 Å². The summed E-state index contributed by atoms with van der Waals surface area (Å²) in [4.78, 5) is 10.4. The number of carbonyl (C=O) groups is 1. The van der Waals surface area contributed by atoms with Gasteiger partial charge in [0.05, 0.1) is 0 Å². The minimum Gasteiger partial charge on any atom is -0.298 e. The molecule has 0 rings (SSSR count). The number of carbonyl (C=O) groups excluding carboxylic acids is 1. The lowest BCUT2D eigenvalue weighted by Gasteiger charge is -1.96. The maximum atomic E-state index is 10.4. The zero-order chi connectivity index (χ0) is 8.53. The van der Waals surface area contributed by atoms with Gasteiger partial charge in [-0.05, 0) is 18.4 Å². The molecule has 0 saturated heterocycles. The van der Waals surface area contributed by atoms with E-state index in [1.807, 2.05) is 0 Å². The zero-order valence-corrected chi connectivity index (χ0v) is 7.18. The minimum atomic E-state index is 0.855. The van der Waals surface area contributed by atoms with Crippen molar-refractivity contribution < 1.29 is 4.79 Å². The van der Waals surface area contributed by atoms with Crippen molar-refractivity contribution in [1.29, 1.82) is 0 Å². The molecular formula is C10H16O. The summed E-state index contributed by atoms with van der Waals surface area (Å²) in [5, 5.41) is 0. The molecule has 0 aromatic heterocycles. The van der Waals surface area contributed by atoms with Crippen molar-refractivity contribution in [3.05, 3.63) is 24.3 Å². The predicted molar refractivity (Wildman–Crippen MR) is 48.5 cm³/mol. The first-order valence-corrected chi connectivity index (χ1v) is 4.12. The summed E-state index contributed by atoms with van der Waals surface area (Å²) in [6.45, 7) is 5.69. The lowest BCUT2D eigenvalue weighted by atomic mass is 10.1. The van der Waals surface area contributed by atoms with Gasteiger partial charge in [-0.3, -0.25) is 4.79 Å². The summed E-state index contributed by atoms with van der Waals surface area (Å²) in [7, 11) is 0. The first-order chi connectivity index (χ1) is 5.35. The van der Waals surface area contributed by atoms with Crippen LogP contribution in [-0.2, 0) is 4.79 Å². The van der Waals surface area contributed by atoms with Gasteiger partial charge >= 0.3 is 0 Å². The Hall–Kier alpha value is -0.850. The van der Waals surface area contributed by atoms with Gasteiger partial charge < -0.3 is 0 Å². The Morgan fingerprint density at radius 1 is 1.45 bits per heavy atom. The second kappa shape index (κ2) is 7.26. The highest BCUT2D eigenvalue weighted by Gasteiger charge is 1.92. The van der Waals surface area contributed by atoms with Crippen molar-refractivity contribution in [2.24, 2.45) is 0 Å². The van der Waals surface area contributed by atoms with Gasteiger partial charge in [0.2, 0.25) is 0 Å². The fourth-order valence-electron chi connectivity index (χ4n) is 0.912. The quantitative estimate of drug-likeness (QED) is 0.247. The number of unbranched alkanes of at least 4 members (excludes halogenated alkanes) is 2. The molecule has 0 fully saturated rings. The Kier molecular flexibility index (Phi) is 6.70. The van der Waals surface area contributed by atoms with Gasteiger partial charge in [0.15, 0.2) is 0 Å². The number of hydrogen-bond donors (Lipinski definition) is 0. The van der Waals surface area contributed by atoms with E-state index in [0.29, 0.717) is 0 Å². The molecule has 0 saturated carbocycles. The van der Waals surface area contributed by atoms with Gasteiger partial charge in [-0.15, -0.1) is 0 Å². The predicted octanol–water partition coefficient (Wildman–Crippen LogP) is 2.88. The van der Waals surface area contributed by atoms with Crippen LogP contribution in [0.2, 0.25) is 0 Å². The first kappa shape index (κ1) is 10.2. The molecule has 0 amide bonds. The van der Waals surface area contributed by atoms with Crippen LogP contribution in [0.3, 0.4) is 0 Å². The average Bonchev–Trinajstić information content (AvgIpc) is 2.03. The van der Waals surface area contributed by atoms with Crippen LogP contribution < -0.4 is 0 Å². The van der Waals surface area contributed by atoms with Gasteiger partial charge in [0.25, 0.3) is 0 Å². The second-order valence-electron chi connectivity index (χ2n) is 2.55. The summed E-state index contributed by atoms with van der Waals surface area (Å²) in [5.41, 5.74) is 0.855. The maximum Gasteiger partial charge on any atom is 0.146 e. The molecule has 0 unspecified atom stereocenters. The third-order valence-corrected chi connectivity index (χ3v) is 1.55. The minimum absolute atomic E-state index is 0.855. The molecule has 0 spiro atoms. The smallest absolute Gasteiger partial charge is 0.146 e. The topological polar surface area (TPSA) is 17.1 Å². The molecule has 0 bridgehead atoms. The van der Waals surface area contributed by atoms with Crippen LogP contribution in [0.25, 0.3) is 0 Å². The van der Waals surface area contributed by atoms with Crippen LogP contribution in [0.5, 0.6) is 0 Å². The van der Waals surface area contributed by atoms with Gasteiger partial charge in [-0.25, -0.2) is 0 Å². The third-order valence-electron chi connectivity index (χ3n) is 1.55. The van der Waals surface area contributed by atoms with Crippen LogP contribution in [0, 0.1) is 0 Å². The molecule has 0 heterocycles. The van der Waals surface area contributed by atoms with E-state index >= 15 is 0 Å². The molecule has 0 aliphatic rings. The SMILES string of the molecule is C=C/C=C(/C=O)CCCCC. The number of allylic oxidation sites excluding steroid dienone is 3. The van der Waals surface area contributed by atoms with Crippen LogP contribution in [-0.4, -0.2) is 6.29 Å². The molecule has 62 valence electrons. The third kappa shape index (κ3) is 5.59. The Morgan fingerprint density at radius 3 is 2.64 bits per heavy atom. The number of rotatable bonds is 6. The Morgan fingerprint density at radius 2 is 2.18 bits per heavy atom. The Bertz CT molecular complexity index is 145. The largest absolute Gasteiger partial charge is 0.298 e. The molecule has 0 aromatic carbocycles. The fourth-order valence-corrected chi connectivity index (χ4v) is 0.912. The van der Waals surface area contributed by atoms with Crippen molar-refractivity contribution in [3.63, 3.8) is 0 Å². The summed E-state index contributed by atoms with van der Waals surface area (Å²) in [6, 6.07) is 0. The molecule has 1 heteroatoms. The van der Waals surface area contributed by atoms with E-state index in [1.165, 1.54) is 12.8 Å². The normalized spacial score (nSPS) is 11.2. The molecule has 0 aliphatic heterocycles. The van der Waals surface area contributed by atoms with E-state index in [-0.39, 0.29) is 0 Å².